The van der Waals surface area contributed by atoms with Crippen LogP contribution in [0.3, 0.4) is 0 Å². The van der Waals surface area contributed by atoms with Crippen molar-refractivity contribution in [2.75, 3.05) is 39.4 Å². The van der Waals surface area contributed by atoms with E-state index >= 15 is 0 Å². The summed E-state index contributed by atoms with van der Waals surface area (Å²) in [6, 6.07) is 2.79. The molecule has 3 heterocycles. The molecule has 0 unspecified atom stereocenters. The highest BCUT2D eigenvalue weighted by Crippen LogP contribution is 2.19. The van der Waals surface area contributed by atoms with E-state index in [1.54, 1.807) is 0 Å². The predicted molar refractivity (Wildman–Crippen MR) is 71.9 cm³/mol. The zero-order valence-electron chi connectivity index (χ0n) is 11.7. The first-order valence-electron chi connectivity index (χ1n) is 7.27. The lowest BCUT2D eigenvalue weighted by Crippen LogP contribution is -2.48. The molecule has 1 aromatic rings. The van der Waals surface area contributed by atoms with E-state index in [1.807, 2.05) is 13.0 Å². The molecule has 0 spiro atoms. The summed E-state index contributed by atoms with van der Waals surface area (Å²) in [5.74, 6) is 0.901. The van der Waals surface area contributed by atoms with Gasteiger partial charge in [0.1, 0.15) is 5.76 Å². The molecule has 0 aliphatic carbocycles. The molecule has 3 rings (SSSR count). The van der Waals surface area contributed by atoms with E-state index in [1.165, 1.54) is 12.8 Å². The number of hydrogen-bond donors (Lipinski definition) is 0. The molecule has 2 fully saturated rings. The molecule has 0 bridgehead atoms. The molecule has 0 amide bonds. The van der Waals surface area contributed by atoms with E-state index in [0.29, 0.717) is 0 Å². The third-order valence-corrected chi connectivity index (χ3v) is 4.18. The minimum Gasteiger partial charge on any atom is -0.379 e. The van der Waals surface area contributed by atoms with E-state index in [0.717, 1.165) is 63.4 Å². The van der Waals surface area contributed by atoms with Crippen LogP contribution in [0.4, 0.5) is 0 Å². The molecule has 106 valence electrons. The molecule has 19 heavy (non-hydrogen) atoms. The Morgan fingerprint density at radius 2 is 1.95 bits per heavy atom. The fraction of sp³-hybridized carbons (Fsp3) is 0.786. The van der Waals surface area contributed by atoms with Gasteiger partial charge in [-0.3, -0.25) is 9.80 Å². The molecule has 5 heteroatoms. The van der Waals surface area contributed by atoms with Gasteiger partial charge in [-0.25, -0.2) is 0 Å². The number of aryl methyl sites for hydroxylation is 1. The van der Waals surface area contributed by atoms with E-state index < -0.39 is 0 Å². The monoisotopic (exact) mass is 265 g/mol. The van der Waals surface area contributed by atoms with Crippen molar-refractivity contribution in [3.63, 3.8) is 0 Å². The number of ether oxygens (including phenoxy) is 1. The van der Waals surface area contributed by atoms with E-state index in [-0.39, 0.29) is 0 Å². The van der Waals surface area contributed by atoms with Gasteiger partial charge in [-0.1, -0.05) is 5.16 Å². The molecule has 0 aromatic carbocycles. The summed E-state index contributed by atoms with van der Waals surface area (Å²) in [4.78, 5) is 5.08. The maximum absolute atomic E-state index is 5.42. The number of hydrogen-bond acceptors (Lipinski definition) is 5. The van der Waals surface area contributed by atoms with Crippen LogP contribution >= 0.6 is 0 Å². The van der Waals surface area contributed by atoms with Crippen LogP contribution in [0.5, 0.6) is 0 Å². The molecule has 0 radical (unpaired) electrons. The van der Waals surface area contributed by atoms with Crippen LogP contribution in [-0.4, -0.2) is 60.4 Å². The Bertz CT molecular complexity index is 393. The lowest BCUT2D eigenvalue weighted by atomic mass is 10.0. The summed E-state index contributed by atoms with van der Waals surface area (Å²) in [5.41, 5.74) is 1.06. The molecule has 1 aromatic heterocycles. The van der Waals surface area contributed by atoms with Crippen molar-refractivity contribution in [2.24, 2.45) is 0 Å². The first-order valence-corrected chi connectivity index (χ1v) is 7.27. The van der Waals surface area contributed by atoms with E-state index in [9.17, 15) is 0 Å². The predicted octanol–water partition coefficient (Wildman–Crippen LogP) is 1.28. The van der Waals surface area contributed by atoms with Crippen LogP contribution < -0.4 is 0 Å². The van der Waals surface area contributed by atoms with Crippen LogP contribution in [0, 0.1) is 6.92 Å². The summed E-state index contributed by atoms with van der Waals surface area (Å²) in [5, 5.41) is 4.08. The molecular weight excluding hydrogens is 242 g/mol. The third-order valence-electron chi connectivity index (χ3n) is 4.18. The Morgan fingerprint density at radius 1 is 1.21 bits per heavy atom. The van der Waals surface area contributed by atoms with Gasteiger partial charge in [-0.2, -0.15) is 0 Å². The minimum atomic E-state index is 0.749. The van der Waals surface area contributed by atoms with Gasteiger partial charge in [0, 0.05) is 44.8 Å². The second-order valence-electron chi connectivity index (χ2n) is 5.58. The van der Waals surface area contributed by atoms with Gasteiger partial charge in [0.15, 0.2) is 0 Å². The SMILES string of the molecule is Cc1cc(CN2CCC(N3CCOCC3)CC2)no1. The number of aromatic nitrogens is 1. The maximum Gasteiger partial charge on any atom is 0.133 e. The first kappa shape index (κ1) is 13.1. The van der Waals surface area contributed by atoms with Crippen molar-refractivity contribution in [3.05, 3.63) is 17.5 Å². The smallest absolute Gasteiger partial charge is 0.133 e. The highest BCUT2D eigenvalue weighted by Gasteiger charge is 2.25. The fourth-order valence-electron chi connectivity index (χ4n) is 3.11. The second kappa shape index (κ2) is 6.03. The zero-order valence-corrected chi connectivity index (χ0v) is 11.7. The summed E-state index contributed by atoms with van der Waals surface area (Å²) >= 11 is 0. The molecule has 0 N–H and O–H groups in total. The van der Waals surface area contributed by atoms with Gasteiger partial charge in [-0.15, -0.1) is 0 Å². The molecular formula is C14H23N3O2. The minimum absolute atomic E-state index is 0.749. The number of piperidine rings is 1. The highest BCUT2D eigenvalue weighted by atomic mass is 16.5. The quantitative estimate of drug-likeness (QED) is 0.823. The average Bonchev–Trinajstić information content (AvgIpc) is 2.86. The summed E-state index contributed by atoms with van der Waals surface area (Å²) < 4.78 is 10.5. The zero-order chi connectivity index (χ0) is 13.1. The van der Waals surface area contributed by atoms with Crippen molar-refractivity contribution in [1.29, 1.82) is 0 Å². The van der Waals surface area contributed by atoms with Gasteiger partial charge < -0.3 is 9.26 Å². The van der Waals surface area contributed by atoms with Crippen LogP contribution in [0.15, 0.2) is 10.6 Å². The topological polar surface area (TPSA) is 41.7 Å². The Kier molecular flexibility index (Phi) is 4.15. The molecule has 0 saturated carbocycles. The van der Waals surface area contributed by atoms with Gasteiger partial charge in [-0.05, 0) is 19.8 Å². The molecule has 2 aliphatic heterocycles. The average molecular weight is 265 g/mol. The molecule has 2 saturated heterocycles. The van der Waals surface area contributed by atoms with E-state index in [2.05, 4.69) is 15.0 Å². The van der Waals surface area contributed by atoms with Gasteiger partial charge in [0.05, 0.1) is 18.9 Å². The Hall–Kier alpha value is -0.910. The number of rotatable bonds is 3. The van der Waals surface area contributed by atoms with E-state index in [4.69, 9.17) is 9.26 Å². The number of nitrogens with zero attached hydrogens (tertiary/aromatic N) is 3. The van der Waals surface area contributed by atoms with Gasteiger partial charge in [0.25, 0.3) is 0 Å². The summed E-state index contributed by atoms with van der Waals surface area (Å²) in [6.45, 7) is 9.20. The van der Waals surface area contributed by atoms with Crippen molar-refractivity contribution in [3.8, 4) is 0 Å². The lowest BCUT2D eigenvalue weighted by molar-refractivity contribution is 0.0000735. The van der Waals surface area contributed by atoms with Gasteiger partial charge in [0.2, 0.25) is 0 Å². The number of morpholine rings is 1. The Morgan fingerprint density at radius 3 is 2.58 bits per heavy atom. The highest BCUT2D eigenvalue weighted by molar-refractivity contribution is 5.03. The Balaban J connectivity index is 1.46. The lowest BCUT2D eigenvalue weighted by Gasteiger charge is -2.39. The largest absolute Gasteiger partial charge is 0.379 e. The molecule has 5 nitrogen and oxygen atoms in total. The summed E-state index contributed by atoms with van der Waals surface area (Å²) in [6.07, 6.45) is 2.52. The fourth-order valence-corrected chi connectivity index (χ4v) is 3.11. The van der Waals surface area contributed by atoms with Crippen molar-refractivity contribution < 1.29 is 9.26 Å². The molecule has 0 atom stereocenters. The third kappa shape index (κ3) is 3.35. The van der Waals surface area contributed by atoms with Crippen LogP contribution in [0.1, 0.15) is 24.3 Å². The standard InChI is InChI=1S/C14H23N3O2/c1-12-10-13(15-19-12)11-16-4-2-14(3-5-16)17-6-8-18-9-7-17/h10,14H,2-9,11H2,1H3. The van der Waals surface area contributed by atoms with Gasteiger partial charge >= 0.3 is 0 Å². The van der Waals surface area contributed by atoms with Crippen LogP contribution in [-0.2, 0) is 11.3 Å². The number of likely N-dealkylation sites (tertiary alicyclic amines) is 1. The van der Waals surface area contributed by atoms with Crippen molar-refractivity contribution in [1.82, 2.24) is 15.0 Å². The van der Waals surface area contributed by atoms with Crippen LogP contribution in [0.25, 0.3) is 0 Å². The van der Waals surface area contributed by atoms with Crippen LogP contribution in [0.2, 0.25) is 0 Å². The van der Waals surface area contributed by atoms with Crippen molar-refractivity contribution in [2.45, 2.75) is 32.4 Å². The van der Waals surface area contributed by atoms with Crippen molar-refractivity contribution >= 4 is 0 Å². The molecule has 2 aliphatic rings. The maximum atomic E-state index is 5.42. The Labute approximate surface area is 114 Å². The second-order valence-corrected chi connectivity index (χ2v) is 5.58. The normalized spacial score (nSPS) is 23.8. The first-order chi connectivity index (χ1) is 9.31. The summed E-state index contributed by atoms with van der Waals surface area (Å²) in [7, 11) is 0.